The molecule has 1 heterocycles. The van der Waals surface area contributed by atoms with E-state index in [1.807, 2.05) is 13.8 Å². The lowest BCUT2D eigenvalue weighted by molar-refractivity contribution is 0.262. The molecule has 19 heavy (non-hydrogen) atoms. The average molecular weight is 260 g/mol. The van der Waals surface area contributed by atoms with Crippen LogP contribution in [0.2, 0.25) is 0 Å². The topological polar surface area (TPSA) is 79.2 Å². The van der Waals surface area contributed by atoms with E-state index in [0.29, 0.717) is 11.4 Å². The van der Waals surface area contributed by atoms with Crippen LogP contribution < -0.4 is 10.6 Å². The van der Waals surface area contributed by atoms with Gasteiger partial charge in [-0.3, -0.25) is 4.68 Å². The van der Waals surface area contributed by atoms with Gasteiger partial charge in [-0.05, 0) is 38.1 Å². The fourth-order valence-electron chi connectivity index (χ4n) is 1.52. The van der Waals surface area contributed by atoms with Crippen molar-refractivity contribution in [2.45, 2.75) is 19.9 Å². The van der Waals surface area contributed by atoms with Crippen LogP contribution in [-0.2, 0) is 0 Å². The van der Waals surface area contributed by atoms with E-state index in [-0.39, 0.29) is 17.8 Å². The highest BCUT2D eigenvalue weighted by atomic mass is 16.3. The molecule has 0 saturated carbocycles. The number of rotatable bonds is 3. The third-order valence-electron chi connectivity index (χ3n) is 2.51. The number of carbonyl (C=O) groups is 1. The summed E-state index contributed by atoms with van der Waals surface area (Å²) >= 11 is 0. The van der Waals surface area contributed by atoms with E-state index in [1.165, 1.54) is 12.1 Å². The molecule has 0 radical (unpaired) electrons. The predicted octanol–water partition coefficient (Wildman–Crippen LogP) is 2.81. The molecule has 2 amide bonds. The van der Waals surface area contributed by atoms with Crippen LogP contribution >= 0.6 is 0 Å². The Bertz CT molecular complexity index is 560. The van der Waals surface area contributed by atoms with Gasteiger partial charge in [-0.15, -0.1) is 0 Å². The monoisotopic (exact) mass is 260 g/mol. The summed E-state index contributed by atoms with van der Waals surface area (Å²) < 4.78 is 1.76. The standard InChI is InChI=1S/C13H16N4O2/c1-9(2)17-8-11(7-14-17)16-13(19)15-10-3-5-12(18)6-4-10/h3-9,18H,1-2H3,(H2,15,16,19). The number of nitrogens with one attached hydrogen (secondary N) is 2. The molecule has 0 atom stereocenters. The molecule has 1 aromatic heterocycles. The number of hydrogen-bond acceptors (Lipinski definition) is 3. The number of phenolic OH excluding ortho intramolecular Hbond substituents is 1. The maximum absolute atomic E-state index is 11.7. The van der Waals surface area contributed by atoms with E-state index in [2.05, 4.69) is 15.7 Å². The molecular weight excluding hydrogens is 244 g/mol. The van der Waals surface area contributed by atoms with Crippen molar-refractivity contribution in [1.82, 2.24) is 9.78 Å². The van der Waals surface area contributed by atoms with Gasteiger partial charge >= 0.3 is 6.03 Å². The number of aromatic hydroxyl groups is 1. The smallest absolute Gasteiger partial charge is 0.323 e. The predicted molar refractivity (Wildman–Crippen MR) is 73.4 cm³/mol. The normalized spacial score (nSPS) is 10.5. The number of carbonyl (C=O) groups excluding carboxylic acids is 1. The van der Waals surface area contributed by atoms with Crippen LogP contribution in [0.1, 0.15) is 19.9 Å². The summed E-state index contributed by atoms with van der Waals surface area (Å²) in [6, 6.07) is 6.14. The summed E-state index contributed by atoms with van der Waals surface area (Å²) in [7, 11) is 0. The highest BCUT2D eigenvalue weighted by molar-refractivity contribution is 5.99. The number of nitrogens with zero attached hydrogens (tertiary/aromatic N) is 2. The van der Waals surface area contributed by atoms with Crippen molar-refractivity contribution < 1.29 is 9.90 Å². The molecule has 0 spiro atoms. The van der Waals surface area contributed by atoms with E-state index in [4.69, 9.17) is 5.11 Å². The Morgan fingerprint density at radius 2 is 1.84 bits per heavy atom. The van der Waals surface area contributed by atoms with Crippen molar-refractivity contribution in [2.24, 2.45) is 0 Å². The average Bonchev–Trinajstić information content (AvgIpc) is 2.80. The lowest BCUT2D eigenvalue weighted by Crippen LogP contribution is -2.19. The van der Waals surface area contributed by atoms with Crippen molar-refractivity contribution in [3.8, 4) is 5.75 Å². The molecule has 3 N–H and O–H groups in total. The van der Waals surface area contributed by atoms with Crippen LogP contribution in [0.4, 0.5) is 16.2 Å². The molecule has 1 aromatic carbocycles. The Hall–Kier alpha value is -2.50. The van der Waals surface area contributed by atoms with Crippen molar-refractivity contribution in [3.63, 3.8) is 0 Å². The third kappa shape index (κ3) is 3.48. The largest absolute Gasteiger partial charge is 0.508 e. The molecule has 6 nitrogen and oxygen atoms in total. The second-order valence-corrected chi connectivity index (χ2v) is 4.43. The van der Waals surface area contributed by atoms with E-state index in [1.54, 1.807) is 29.2 Å². The molecule has 0 aliphatic carbocycles. The zero-order chi connectivity index (χ0) is 13.8. The molecule has 0 bridgehead atoms. The number of phenols is 1. The molecule has 6 heteroatoms. The number of hydrogen-bond donors (Lipinski definition) is 3. The number of anilines is 2. The van der Waals surface area contributed by atoms with Gasteiger partial charge < -0.3 is 15.7 Å². The summed E-state index contributed by atoms with van der Waals surface area (Å²) in [5.74, 6) is 0.157. The number of urea groups is 1. The Kier molecular flexibility index (Phi) is 3.70. The first-order valence-electron chi connectivity index (χ1n) is 5.96. The molecule has 0 aliphatic heterocycles. The molecule has 0 saturated heterocycles. The number of amides is 2. The first-order chi connectivity index (χ1) is 9.04. The second kappa shape index (κ2) is 5.43. The zero-order valence-electron chi connectivity index (χ0n) is 10.8. The third-order valence-corrected chi connectivity index (χ3v) is 2.51. The molecule has 0 unspecified atom stereocenters. The second-order valence-electron chi connectivity index (χ2n) is 4.43. The summed E-state index contributed by atoms with van der Waals surface area (Å²) in [5, 5.41) is 18.6. The van der Waals surface area contributed by atoms with Gasteiger partial charge in [0, 0.05) is 17.9 Å². The van der Waals surface area contributed by atoms with Crippen LogP contribution in [-0.4, -0.2) is 20.9 Å². The summed E-state index contributed by atoms with van der Waals surface area (Å²) in [4.78, 5) is 11.7. The van der Waals surface area contributed by atoms with Gasteiger partial charge in [0.2, 0.25) is 0 Å². The van der Waals surface area contributed by atoms with Gasteiger partial charge in [0.25, 0.3) is 0 Å². The summed E-state index contributed by atoms with van der Waals surface area (Å²) in [5.41, 5.74) is 1.23. The maximum Gasteiger partial charge on any atom is 0.323 e. The molecule has 2 aromatic rings. The first-order valence-corrected chi connectivity index (χ1v) is 5.96. The van der Waals surface area contributed by atoms with Gasteiger partial charge in [0.15, 0.2) is 0 Å². The first kappa shape index (κ1) is 12.9. The number of aromatic nitrogens is 2. The minimum absolute atomic E-state index is 0.157. The van der Waals surface area contributed by atoms with E-state index in [9.17, 15) is 4.79 Å². The van der Waals surface area contributed by atoms with Gasteiger partial charge in [-0.2, -0.15) is 5.10 Å². The van der Waals surface area contributed by atoms with Crippen molar-refractivity contribution in [2.75, 3.05) is 10.6 Å². The molecule has 0 fully saturated rings. The van der Waals surface area contributed by atoms with Crippen LogP contribution in [0.3, 0.4) is 0 Å². The highest BCUT2D eigenvalue weighted by Crippen LogP contribution is 2.14. The fraction of sp³-hybridized carbons (Fsp3) is 0.231. The van der Waals surface area contributed by atoms with Crippen molar-refractivity contribution >= 4 is 17.4 Å². The summed E-state index contributed by atoms with van der Waals surface area (Å²) in [6.07, 6.45) is 3.36. The van der Waals surface area contributed by atoms with Crippen molar-refractivity contribution in [1.29, 1.82) is 0 Å². The molecule has 100 valence electrons. The van der Waals surface area contributed by atoms with Gasteiger partial charge in [0.05, 0.1) is 11.9 Å². The van der Waals surface area contributed by atoms with Gasteiger partial charge in [-0.25, -0.2) is 4.79 Å². The van der Waals surface area contributed by atoms with Crippen LogP contribution in [0, 0.1) is 0 Å². The van der Waals surface area contributed by atoms with E-state index < -0.39 is 0 Å². The molecule has 2 rings (SSSR count). The lowest BCUT2D eigenvalue weighted by Gasteiger charge is -2.06. The minimum Gasteiger partial charge on any atom is -0.508 e. The van der Waals surface area contributed by atoms with E-state index in [0.717, 1.165) is 0 Å². The van der Waals surface area contributed by atoms with Crippen molar-refractivity contribution in [3.05, 3.63) is 36.7 Å². The van der Waals surface area contributed by atoms with Gasteiger partial charge in [0.1, 0.15) is 5.75 Å². The Morgan fingerprint density at radius 3 is 2.42 bits per heavy atom. The van der Waals surface area contributed by atoms with Crippen LogP contribution in [0.5, 0.6) is 5.75 Å². The Morgan fingerprint density at radius 1 is 1.21 bits per heavy atom. The maximum atomic E-state index is 11.7. The lowest BCUT2D eigenvalue weighted by atomic mass is 10.3. The van der Waals surface area contributed by atoms with Crippen LogP contribution in [0.15, 0.2) is 36.7 Å². The highest BCUT2D eigenvalue weighted by Gasteiger charge is 2.06. The minimum atomic E-state index is -0.353. The van der Waals surface area contributed by atoms with Crippen LogP contribution in [0.25, 0.3) is 0 Å². The zero-order valence-corrected chi connectivity index (χ0v) is 10.8. The molecular formula is C13H16N4O2. The quantitative estimate of drug-likeness (QED) is 0.742. The van der Waals surface area contributed by atoms with E-state index >= 15 is 0 Å². The fourth-order valence-corrected chi connectivity index (χ4v) is 1.52. The Labute approximate surface area is 111 Å². The SMILES string of the molecule is CC(C)n1cc(NC(=O)Nc2ccc(O)cc2)cn1. The summed E-state index contributed by atoms with van der Waals surface area (Å²) in [6.45, 7) is 4.01. The number of benzene rings is 1. The molecule has 0 aliphatic rings. The van der Waals surface area contributed by atoms with Gasteiger partial charge in [-0.1, -0.05) is 0 Å². The Balaban J connectivity index is 1.95.